The molecule has 12 heteroatoms. The summed E-state index contributed by atoms with van der Waals surface area (Å²) in [4.78, 5) is 39.9. The summed E-state index contributed by atoms with van der Waals surface area (Å²) in [5.74, 6) is -2.55. The number of esters is 1. The molecule has 0 aromatic heterocycles. The van der Waals surface area contributed by atoms with E-state index < -0.39 is 48.9 Å². The van der Waals surface area contributed by atoms with Crippen LogP contribution in [0.15, 0.2) is 16.4 Å². The fourth-order valence-corrected chi connectivity index (χ4v) is 4.60. The normalized spacial score (nSPS) is 18.6. The Morgan fingerprint density at radius 1 is 1.02 bits per heavy atom. The Balaban J connectivity index is 2.68. The Labute approximate surface area is 237 Å². The number of hydrogen-bond donors (Lipinski definition) is 5. The van der Waals surface area contributed by atoms with Crippen molar-refractivity contribution in [3.8, 4) is 0 Å². The molecule has 0 saturated carbocycles. The Bertz CT molecular complexity index is 844. The first-order valence-electron chi connectivity index (χ1n) is 14.5. The lowest BCUT2D eigenvalue weighted by Crippen LogP contribution is -2.52. The van der Waals surface area contributed by atoms with Gasteiger partial charge in [0, 0.05) is 26.4 Å². The first-order chi connectivity index (χ1) is 19.1. The van der Waals surface area contributed by atoms with Crippen LogP contribution in [0.25, 0.3) is 0 Å². The van der Waals surface area contributed by atoms with Crippen molar-refractivity contribution in [2.24, 2.45) is 16.5 Å². The third kappa shape index (κ3) is 14.1. The van der Waals surface area contributed by atoms with Crippen molar-refractivity contribution in [3.05, 3.63) is 11.4 Å². The van der Waals surface area contributed by atoms with E-state index in [9.17, 15) is 24.6 Å². The first-order valence-corrected chi connectivity index (χ1v) is 14.5. The third-order valence-corrected chi connectivity index (χ3v) is 6.57. The number of carboxylic acids is 1. The smallest absolute Gasteiger partial charge is 0.333 e. The minimum atomic E-state index is -1.39. The lowest BCUT2D eigenvalue weighted by molar-refractivity contribution is -0.173. The Kier molecular flexibility index (Phi) is 17.9. The van der Waals surface area contributed by atoms with Crippen LogP contribution in [0, 0.1) is 0 Å². The summed E-state index contributed by atoms with van der Waals surface area (Å²) in [6, 6.07) is 0. The minimum Gasteiger partial charge on any atom is -0.479 e. The van der Waals surface area contributed by atoms with Crippen molar-refractivity contribution in [2.75, 3.05) is 13.2 Å². The molecule has 0 aromatic carbocycles. The van der Waals surface area contributed by atoms with Crippen molar-refractivity contribution < 1.29 is 38.8 Å². The van der Waals surface area contributed by atoms with E-state index in [0.29, 0.717) is 6.42 Å². The van der Waals surface area contributed by atoms with E-state index in [4.69, 9.17) is 25.7 Å². The van der Waals surface area contributed by atoms with Crippen LogP contribution >= 0.6 is 0 Å². The van der Waals surface area contributed by atoms with Crippen molar-refractivity contribution in [3.63, 3.8) is 0 Å². The van der Waals surface area contributed by atoms with Crippen LogP contribution in [-0.2, 0) is 28.6 Å². The molecule has 12 nitrogen and oxygen atoms in total. The van der Waals surface area contributed by atoms with E-state index in [1.807, 2.05) is 0 Å². The van der Waals surface area contributed by atoms with Gasteiger partial charge in [0.25, 0.3) is 0 Å². The molecular formula is C28H50N4O8. The lowest BCUT2D eigenvalue weighted by atomic mass is 9.97. The van der Waals surface area contributed by atoms with E-state index in [2.05, 4.69) is 17.2 Å². The predicted octanol–water partition coefficient (Wildman–Crippen LogP) is 2.86. The monoisotopic (exact) mass is 570 g/mol. The van der Waals surface area contributed by atoms with Crippen molar-refractivity contribution in [1.82, 2.24) is 5.32 Å². The van der Waals surface area contributed by atoms with E-state index in [-0.39, 0.29) is 36.8 Å². The quantitative estimate of drug-likeness (QED) is 0.0592. The van der Waals surface area contributed by atoms with Crippen LogP contribution in [0.1, 0.15) is 104 Å². The van der Waals surface area contributed by atoms with Gasteiger partial charge in [-0.1, -0.05) is 71.1 Å². The highest BCUT2D eigenvalue weighted by molar-refractivity contribution is 5.79. The summed E-state index contributed by atoms with van der Waals surface area (Å²) >= 11 is 0. The Morgan fingerprint density at radius 3 is 2.10 bits per heavy atom. The zero-order valence-electron chi connectivity index (χ0n) is 24.4. The van der Waals surface area contributed by atoms with E-state index in [1.165, 1.54) is 51.9 Å². The Hall–Kier alpha value is -2.70. The number of carboxylic acid groups (broad SMARTS) is 1. The second-order valence-electron chi connectivity index (χ2n) is 10.1. The molecule has 1 aliphatic heterocycles. The average Bonchev–Trinajstić information content (AvgIpc) is 2.89. The number of aliphatic hydroxyl groups excluding tert-OH is 1. The highest BCUT2D eigenvalue weighted by Crippen LogP contribution is 2.30. The van der Waals surface area contributed by atoms with Gasteiger partial charge >= 0.3 is 11.9 Å². The number of rotatable bonds is 21. The van der Waals surface area contributed by atoms with Crippen LogP contribution in [-0.4, -0.2) is 71.6 Å². The number of unbranched alkanes of at least 4 members (excludes halogenated alkanes) is 10. The number of guanidine groups is 1. The molecule has 4 atom stereocenters. The topological polar surface area (TPSA) is 196 Å². The molecular weight excluding hydrogens is 520 g/mol. The van der Waals surface area contributed by atoms with E-state index >= 15 is 0 Å². The number of amides is 1. The number of carbonyl (C=O) groups is 3. The van der Waals surface area contributed by atoms with Crippen molar-refractivity contribution >= 4 is 23.8 Å². The van der Waals surface area contributed by atoms with Crippen molar-refractivity contribution in [1.29, 1.82) is 0 Å². The van der Waals surface area contributed by atoms with Gasteiger partial charge in [0.15, 0.2) is 12.1 Å². The SMILES string of the molecule is CCCCCCCCCCCCCC(=O)OCC(O)C(OCC)C1O[C@H](C(=O)O)CC(N=C(N)N)=C1NC(C)=O. The standard InChI is InChI=1S/C28H50N4O8/c1-4-6-7-8-9-10-11-12-13-14-15-16-23(35)39-18-21(34)25(38-5-2)26-24(31-19(3)33)20(32-28(29)30)17-22(40-26)27(36)37/h21-22,25-26,34H,4-18H2,1-3H3,(H,31,33)(H,36,37)(H4,29,30,32)/t21?,22-,25?,26?/m0/s1. The van der Waals surface area contributed by atoms with Crippen LogP contribution in [0.2, 0.25) is 0 Å². The van der Waals surface area contributed by atoms with E-state index in [1.54, 1.807) is 6.92 Å². The summed E-state index contributed by atoms with van der Waals surface area (Å²) in [7, 11) is 0. The molecule has 0 aliphatic carbocycles. The van der Waals surface area contributed by atoms with Gasteiger partial charge in [-0.05, 0) is 13.3 Å². The second kappa shape index (κ2) is 20.2. The van der Waals surface area contributed by atoms with Crippen LogP contribution < -0.4 is 16.8 Å². The maximum Gasteiger partial charge on any atom is 0.333 e. The minimum absolute atomic E-state index is 0.0724. The molecule has 1 aliphatic rings. The number of aliphatic carboxylic acids is 1. The fourth-order valence-electron chi connectivity index (χ4n) is 4.60. The van der Waals surface area contributed by atoms with Crippen LogP contribution in [0.3, 0.4) is 0 Å². The molecule has 0 radical (unpaired) electrons. The number of nitrogens with zero attached hydrogens (tertiary/aromatic N) is 1. The first kappa shape index (κ1) is 35.3. The molecule has 0 bridgehead atoms. The molecule has 0 aromatic rings. The number of nitrogens with two attached hydrogens (primary N) is 2. The van der Waals surface area contributed by atoms with Gasteiger partial charge < -0.3 is 41.2 Å². The molecule has 3 unspecified atom stereocenters. The second-order valence-corrected chi connectivity index (χ2v) is 10.1. The molecule has 7 N–H and O–H groups in total. The van der Waals surface area contributed by atoms with Gasteiger partial charge in [-0.25, -0.2) is 9.79 Å². The highest BCUT2D eigenvalue weighted by atomic mass is 16.6. The summed E-state index contributed by atoms with van der Waals surface area (Å²) in [6.07, 6.45) is 7.64. The summed E-state index contributed by atoms with van der Waals surface area (Å²) in [6.45, 7) is 4.87. The highest BCUT2D eigenvalue weighted by Gasteiger charge is 2.42. The van der Waals surface area contributed by atoms with Gasteiger partial charge in [0.05, 0.1) is 11.4 Å². The summed E-state index contributed by atoms with van der Waals surface area (Å²) in [5, 5.41) is 23.1. The summed E-state index contributed by atoms with van der Waals surface area (Å²) < 4.78 is 16.7. The maximum absolute atomic E-state index is 12.3. The lowest BCUT2D eigenvalue weighted by Gasteiger charge is -2.37. The number of hydrogen-bond acceptors (Lipinski definition) is 8. The van der Waals surface area contributed by atoms with Crippen LogP contribution in [0.5, 0.6) is 0 Å². The number of aliphatic imine (C=N–C) groups is 1. The zero-order valence-corrected chi connectivity index (χ0v) is 24.4. The molecule has 0 fully saturated rings. The van der Waals surface area contributed by atoms with Crippen molar-refractivity contribution in [2.45, 2.75) is 129 Å². The molecule has 1 rings (SSSR count). The predicted molar refractivity (Wildman–Crippen MR) is 151 cm³/mol. The molecule has 0 spiro atoms. The average molecular weight is 571 g/mol. The summed E-state index contributed by atoms with van der Waals surface area (Å²) in [5.41, 5.74) is 11.2. The van der Waals surface area contributed by atoms with Gasteiger partial charge in [-0.2, -0.15) is 0 Å². The number of ether oxygens (including phenoxy) is 3. The Morgan fingerprint density at radius 2 is 1.60 bits per heavy atom. The number of aliphatic hydroxyl groups is 1. The molecule has 230 valence electrons. The molecule has 1 heterocycles. The van der Waals surface area contributed by atoms with Gasteiger partial charge in [-0.15, -0.1) is 0 Å². The van der Waals surface area contributed by atoms with Gasteiger partial charge in [0.1, 0.15) is 24.9 Å². The largest absolute Gasteiger partial charge is 0.479 e. The molecule has 40 heavy (non-hydrogen) atoms. The molecule has 0 saturated heterocycles. The number of nitrogens with one attached hydrogen (secondary N) is 1. The van der Waals surface area contributed by atoms with Crippen LogP contribution in [0.4, 0.5) is 0 Å². The van der Waals surface area contributed by atoms with Gasteiger partial charge in [0.2, 0.25) is 5.91 Å². The number of carbonyl (C=O) groups excluding carboxylic acids is 2. The third-order valence-electron chi connectivity index (χ3n) is 6.57. The van der Waals surface area contributed by atoms with Gasteiger partial charge in [-0.3, -0.25) is 9.59 Å². The zero-order chi connectivity index (χ0) is 29.9. The van der Waals surface area contributed by atoms with E-state index in [0.717, 1.165) is 19.3 Å². The fraction of sp³-hybridized carbons (Fsp3) is 0.786. The maximum atomic E-state index is 12.3. The molecule has 1 amide bonds.